The van der Waals surface area contributed by atoms with Crippen LogP contribution in [0.5, 0.6) is 0 Å². The number of benzene rings is 2. The summed E-state index contributed by atoms with van der Waals surface area (Å²) in [5.41, 5.74) is 2.15. The Hall–Kier alpha value is -2.54. The maximum absolute atomic E-state index is 13.9. The number of methoxy groups -OCH3 is 1. The van der Waals surface area contributed by atoms with Crippen LogP contribution in [0, 0.1) is 0 Å². The molecule has 0 amide bonds. The van der Waals surface area contributed by atoms with Crippen molar-refractivity contribution in [1.82, 2.24) is 14.5 Å². The maximum atomic E-state index is 13.9. The van der Waals surface area contributed by atoms with Gasteiger partial charge in [0.2, 0.25) is 0 Å². The first-order chi connectivity index (χ1) is 15.2. The number of rotatable bonds is 5. The summed E-state index contributed by atoms with van der Waals surface area (Å²) in [6.07, 6.45) is 2.59. The summed E-state index contributed by atoms with van der Waals surface area (Å²) in [6.45, 7) is 2.56. The van der Waals surface area contributed by atoms with Crippen molar-refractivity contribution in [2.75, 3.05) is 33.9 Å². The third kappa shape index (κ3) is 3.80. The molecule has 0 atom stereocenters. The zero-order valence-corrected chi connectivity index (χ0v) is 18.8. The number of piperidine rings is 1. The van der Waals surface area contributed by atoms with E-state index in [9.17, 15) is 4.79 Å². The van der Waals surface area contributed by atoms with Gasteiger partial charge in [-0.3, -0.25) is 9.36 Å². The number of likely N-dealkylation sites (tertiary alicyclic amines) is 1. The predicted octanol–water partition coefficient (Wildman–Crippen LogP) is 4.73. The second-order valence-electron chi connectivity index (χ2n) is 8.37. The van der Waals surface area contributed by atoms with Crippen molar-refractivity contribution in [2.45, 2.75) is 25.3 Å². The van der Waals surface area contributed by atoms with E-state index in [1.165, 1.54) is 10.8 Å². The van der Waals surface area contributed by atoms with Crippen LogP contribution in [0.15, 0.2) is 52.6 Å². The SMILES string of the molecule is COCCc1nc2scc(-c3ccc4ccccc4c3)c2c(=O)n1C1CCN(C)CC1. The van der Waals surface area contributed by atoms with Gasteiger partial charge in [-0.1, -0.05) is 36.4 Å². The molecule has 0 N–H and O–H groups in total. The number of ether oxygens (including phenoxy) is 1. The third-order valence-electron chi connectivity index (χ3n) is 6.36. The van der Waals surface area contributed by atoms with E-state index in [2.05, 4.69) is 53.7 Å². The molecule has 0 saturated carbocycles. The number of fused-ring (bicyclic) bond motifs is 2. The van der Waals surface area contributed by atoms with Crippen LogP contribution in [-0.4, -0.2) is 48.3 Å². The smallest absolute Gasteiger partial charge is 0.263 e. The topological polar surface area (TPSA) is 47.4 Å². The summed E-state index contributed by atoms with van der Waals surface area (Å²) < 4.78 is 7.29. The minimum atomic E-state index is 0.0927. The van der Waals surface area contributed by atoms with Gasteiger partial charge in [0.15, 0.2) is 0 Å². The predicted molar refractivity (Wildman–Crippen MR) is 128 cm³/mol. The first kappa shape index (κ1) is 20.4. The van der Waals surface area contributed by atoms with Crippen LogP contribution >= 0.6 is 11.3 Å². The molecule has 1 fully saturated rings. The first-order valence-electron chi connectivity index (χ1n) is 10.8. The van der Waals surface area contributed by atoms with Crippen molar-refractivity contribution in [3.05, 3.63) is 64.0 Å². The summed E-state index contributed by atoms with van der Waals surface area (Å²) in [5, 5.41) is 5.22. The molecular formula is C25H27N3O2S. The molecule has 5 nitrogen and oxygen atoms in total. The molecule has 1 aliphatic heterocycles. The molecule has 2 aromatic heterocycles. The van der Waals surface area contributed by atoms with E-state index in [-0.39, 0.29) is 11.6 Å². The quantitative estimate of drug-likeness (QED) is 0.456. The van der Waals surface area contributed by atoms with Gasteiger partial charge in [-0.15, -0.1) is 11.3 Å². The van der Waals surface area contributed by atoms with Gasteiger partial charge in [0, 0.05) is 30.5 Å². The lowest BCUT2D eigenvalue weighted by Crippen LogP contribution is -2.37. The van der Waals surface area contributed by atoms with Gasteiger partial charge >= 0.3 is 0 Å². The fraction of sp³-hybridized carbons (Fsp3) is 0.360. The fourth-order valence-corrected chi connectivity index (χ4v) is 5.57. The Balaban J connectivity index is 1.67. The van der Waals surface area contributed by atoms with E-state index in [0.717, 1.165) is 53.1 Å². The summed E-state index contributed by atoms with van der Waals surface area (Å²) in [4.78, 5) is 22.0. The van der Waals surface area contributed by atoms with Crippen LogP contribution in [0.2, 0.25) is 0 Å². The maximum Gasteiger partial charge on any atom is 0.263 e. The minimum absolute atomic E-state index is 0.0927. The van der Waals surface area contributed by atoms with E-state index in [1.807, 2.05) is 10.6 Å². The van der Waals surface area contributed by atoms with Gasteiger partial charge in [0.1, 0.15) is 10.7 Å². The highest BCUT2D eigenvalue weighted by Gasteiger charge is 2.25. The van der Waals surface area contributed by atoms with Gasteiger partial charge in [-0.25, -0.2) is 4.98 Å². The molecule has 0 aliphatic carbocycles. The lowest BCUT2D eigenvalue weighted by molar-refractivity contribution is 0.191. The molecule has 0 spiro atoms. The molecule has 1 aliphatic rings. The van der Waals surface area contributed by atoms with Gasteiger partial charge < -0.3 is 9.64 Å². The molecule has 6 heteroatoms. The van der Waals surface area contributed by atoms with Crippen molar-refractivity contribution >= 4 is 32.3 Å². The molecule has 4 aromatic rings. The van der Waals surface area contributed by atoms with Crippen molar-refractivity contribution in [2.24, 2.45) is 0 Å². The molecule has 31 heavy (non-hydrogen) atoms. The molecule has 1 saturated heterocycles. The van der Waals surface area contributed by atoms with Crippen LogP contribution < -0.4 is 5.56 Å². The Kier molecular flexibility index (Phi) is 5.61. The molecule has 0 bridgehead atoms. The minimum Gasteiger partial charge on any atom is -0.384 e. The Labute approximate surface area is 185 Å². The molecule has 5 rings (SSSR count). The number of thiophene rings is 1. The second kappa shape index (κ2) is 8.54. The van der Waals surface area contributed by atoms with E-state index in [0.29, 0.717) is 13.0 Å². The van der Waals surface area contributed by atoms with Gasteiger partial charge in [0.05, 0.1) is 12.0 Å². The average molecular weight is 434 g/mol. The van der Waals surface area contributed by atoms with Crippen LogP contribution in [-0.2, 0) is 11.2 Å². The highest BCUT2D eigenvalue weighted by molar-refractivity contribution is 7.17. The van der Waals surface area contributed by atoms with Crippen molar-refractivity contribution in [1.29, 1.82) is 0 Å². The van der Waals surface area contributed by atoms with E-state index in [1.54, 1.807) is 18.4 Å². The molecule has 2 aromatic carbocycles. The van der Waals surface area contributed by atoms with Gasteiger partial charge in [0.25, 0.3) is 5.56 Å². The van der Waals surface area contributed by atoms with E-state index in [4.69, 9.17) is 9.72 Å². The molecule has 0 radical (unpaired) electrons. The molecule has 0 unspecified atom stereocenters. The lowest BCUT2D eigenvalue weighted by atomic mass is 10.0. The summed E-state index contributed by atoms with van der Waals surface area (Å²) in [7, 11) is 3.84. The number of hydrogen-bond acceptors (Lipinski definition) is 5. The summed E-state index contributed by atoms with van der Waals surface area (Å²) in [6, 6.07) is 14.9. The average Bonchev–Trinajstić information content (AvgIpc) is 3.22. The standard InChI is InChI=1S/C25H27N3O2S/c1-27-12-9-20(10-13-27)28-22(11-14-30-2)26-24-23(25(28)29)21(16-31-24)19-8-7-17-5-3-4-6-18(17)15-19/h3-8,15-16,20H,9-14H2,1-2H3. The highest BCUT2D eigenvalue weighted by Crippen LogP contribution is 2.34. The van der Waals surface area contributed by atoms with E-state index >= 15 is 0 Å². The summed E-state index contributed by atoms with van der Waals surface area (Å²) >= 11 is 1.56. The van der Waals surface area contributed by atoms with Gasteiger partial charge in [-0.2, -0.15) is 0 Å². The normalized spacial score (nSPS) is 15.8. The Morgan fingerprint density at radius 2 is 1.90 bits per heavy atom. The zero-order valence-electron chi connectivity index (χ0n) is 18.0. The van der Waals surface area contributed by atoms with Crippen LogP contribution in [0.25, 0.3) is 32.1 Å². The summed E-state index contributed by atoms with van der Waals surface area (Å²) in [5.74, 6) is 0.848. The molecule has 160 valence electrons. The van der Waals surface area contributed by atoms with Crippen molar-refractivity contribution in [3.63, 3.8) is 0 Å². The van der Waals surface area contributed by atoms with Crippen LogP contribution in [0.3, 0.4) is 0 Å². The van der Waals surface area contributed by atoms with E-state index < -0.39 is 0 Å². The van der Waals surface area contributed by atoms with Gasteiger partial charge in [-0.05, 0) is 55.4 Å². The number of aromatic nitrogens is 2. The first-order valence-corrected chi connectivity index (χ1v) is 11.7. The third-order valence-corrected chi connectivity index (χ3v) is 7.23. The molecular weight excluding hydrogens is 406 g/mol. The Morgan fingerprint density at radius 3 is 2.68 bits per heavy atom. The molecule has 3 heterocycles. The largest absolute Gasteiger partial charge is 0.384 e. The fourth-order valence-electron chi connectivity index (χ4n) is 4.61. The Bertz CT molecular complexity index is 1290. The van der Waals surface area contributed by atoms with Crippen LogP contribution in [0.4, 0.5) is 0 Å². The zero-order chi connectivity index (χ0) is 21.4. The second-order valence-corrected chi connectivity index (χ2v) is 9.23. The highest BCUT2D eigenvalue weighted by atomic mass is 32.1. The Morgan fingerprint density at radius 1 is 1.13 bits per heavy atom. The van der Waals surface area contributed by atoms with Crippen molar-refractivity contribution < 1.29 is 4.74 Å². The number of nitrogens with zero attached hydrogens (tertiary/aromatic N) is 3. The monoisotopic (exact) mass is 433 g/mol. The van der Waals surface area contributed by atoms with Crippen LogP contribution in [0.1, 0.15) is 24.7 Å². The number of hydrogen-bond donors (Lipinski definition) is 0. The lowest BCUT2D eigenvalue weighted by Gasteiger charge is -2.31. The van der Waals surface area contributed by atoms with Crippen molar-refractivity contribution in [3.8, 4) is 11.1 Å².